The van der Waals surface area contributed by atoms with Gasteiger partial charge in [-0.3, -0.25) is 0 Å². The molecule has 8 unspecified atom stereocenters. The zero-order valence-corrected chi connectivity index (χ0v) is 22.6. The molecule has 190 valence electrons. The number of nitrogens with one attached hydrogen (secondary N) is 1. The van der Waals surface area contributed by atoms with Crippen LogP contribution in [0.4, 0.5) is 0 Å². The van der Waals surface area contributed by atoms with Crippen molar-refractivity contribution in [3.05, 3.63) is 47.7 Å². The summed E-state index contributed by atoms with van der Waals surface area (Å²) >= 11 is 0. The van der Waals surface area contributed by atoms with Crippen LogP contribution in [0.5, 0.6) is 0 Å². The van der Waals surface area contributed by atoms with Crippen LogP contribution in [0.2, 0.25) is 0 Å². The van der Waals surface area contributed by atoms with Gasteiger partial charge in [-0.25, -0.2) is 0 Å². The van der Waals surface area contributed by atoms with Gasteiger partial charge in [-0.15, -0.1) is 5.73 Å². The van der Waals surface area contributed by atoms with Crippen LogP contribution in [0.25, 0.3) is 6.08 Å². The Morgan fingerprint density at radius 2 is 1.80 bits per heavy atom. The third-order valence-corrected chi connectivity index (χ3v) is 10.8. The summed E-state index contributed by atoms with van der Waals surface area (Å²) in [6, 6.07) is 9.30. The normalized spacial score (nSPS) is 37.7. The molecule has 0 spiro atoms. The van der Waals surface area contributed by atoms with Gasteiger partial charge < -0.3 is 5.32 Å². The molecule has 8 atom stereocenters. The van der Waals surface area contributed by atoms with Crippen LogP contribution in [-0.2, 0) is 0 Å². The maximum atomic E-state index is 8.47. The fourth-order valence-electron chi connectivity index (χ4n) is 9.26. The van der Waals surface area contributed by atoms with E-state index in [9.17, 15) is 0 Å². The van der Waals surface area contributed by atoms with Gasteiger partial charge in [-0.1, -0.05) is 45.4 Å². The Morgan fingerprint density at radius 3 is 2.49 bits per heavy atom. The van der Waals surface area contributed by atoms with E-state index in [1.807, 2.05) is 18.2 Å². The Kier molecular flexibility index (Phi) is 8.97. The summed E-state index contributed by atoms with van der Waals surface area (Å²) in [5.41, 5.74) is 5.04. The second kappa shape index (κ2) is 12.0. The molecule has 1 aromatic carbocycles. The zero-order valence-electron chi connectivity index (χ0n) is 22.6. The van der Waals surface area contributed by atoms with Crippen molar-refractivity contribution in [2.45, 2.75) is 84.5 Å². The summed E-state index contributed by atoms with van der Waals surface area (Å²) in [6.07, 6.45) is 18.7. The third kappa shape index (κ3) is 5.48. The molecule has 5 rings (SSSR count). The van der Waals surface area contributed by atoms with Crippen molar-refractivity contribution in [3.63, 3.8) is 0 Å². The van der Waals surface area contributed by atoms with E-state index in [2.05, 4.69) is 38.5 Å². The lowest BCUT2D eigenvalue weighted by Gasteiger charge is -2.61. The Morgan fingerprint density at radius 1 is 1.03 bits per heavy atom. The minimum atomic E-state index is 0.672. The van der Waals surface area contributed by atoms with Crippen molar-refractivity contribution in [3.8, 4) is 6.07 Å². The van der Waals surface area contributed by atoms with Crippen molar-refractivity contribution in [2.75, 3.05) is 13.6 Å². The SMILES string of the molecule is C=C=Cc1ccc(C#N)cc1.CCC12CCC3C4CCC(C)CC4CCC3C1CCCC2CNC. The molecule has 0 aliphatic heterocycles. The molecule has 35 heavy (non-hydrogen) atoms. The number of fused-ring (bicyclic) bond motifs is 5. The van der Waals surface area contributed by atoms with E-state index < -0.39 is 0 Å². The highest BCUT2D eigenvalue weighted by Gasteiger charge is 2.56. The molecule has 0 bridgehead atoms. The molecule has 4 aliphatic rings. The van der Waals surface area contributed by atoms with Crippen LogP contribution < -0.4 is 5.32 Å². The first-order valence-corrected chi connectivity index (χ1v) is 14.6. The fourth-order valence-corrected chi connectivity index (χ4v) is 9.26. The predicted molar refractivity (Wildman–Crippen MR) is 148 cm³/mol. The number of hydrogen-bond donors (Lipinski definition) is 1. The summed E-state index contributed by atoms with van der Waals surface area (Å²) in [5, 5.41) is 12.0. The maximum absolute atomic E-state index is 8.47. The van der Waals surface area contributed by atoms with E-state index in [0.717, 1.165) is 47.0 Å². The molecule has 4 fully saturated rings. The van der Waals surface area contributed by atoms with Gasteiger partial charge in [0, 0.05) is 0 Å². The summed E-state index contributed by atoms with van der Waals surface area (Å²) in [5.74, 6) is 7.43. The molecule has 0 aromatic heterocycles. The minimum Gasteiger partial charge on any atom is -0.319 e. The number of nitrogens with zero attached hydrogens (tertiary/aromatic N) is 1. The molecular formula is C33H48N2. The second-order valence-corrected chi connectivity index (χ2v) is 12.2. The smallest absolute Gasteiger partial charge is 0.0991 e. The summed E-state index contributed by atoms with van der Waals surface area (Å²) in [4.78, 5) is 0. The molecule has 4 saturated carbocycles. The highest BCUT2D eigenvalue weighted by molar-refractivity contribution is 5.49. The van der Waals surface area contributed by atoms with E-state index in [-0.39, 0.29) is 0 Å². The highest BCUT2D eigenvalue weighted by Crippen LogP contribution is 2.64. The topological polar surface area (TPSA) is 35.8 Å². The van der Waals surface area contributed by atoms with Crippen molar-refractivity contribution in [2.24, 2.45) is 46.8 Å². The summed E-state index contributed by atoms with van der Waals surface area (Å²) in [7, 11) is 2.17. The first-order chi connectivity index (χ1) is 17.1. The third-order valence-electron chi connectivity index (χ3n) is 10.8. The molecule has 0 heterocycles. The van der Waals surface area contributed by atoms with E-state index >= 15 is 0 Å². The Hall–Kier alpha value is -1.81. The van der Waals surface area contributed by atoms with Gasteiger partial charge in [-0.2, -0.15) is 5.26 Å². The first-order valence-electron chi connectivity index (χ1n) is 14.6. The van der Waals surface area contributed by atoms with Crippen molar-refractivity contribution < 1.29 is 0 Å². The lowest BCUT2D eigenvalue weighted by molar-refractivity contribution is -0.119. The molecule has 1 N–H and O–H groups in total. The number of rotatable bonds is 4. The average molecular weight is 473 g/mol. The molecule has 1 aromatic rings. The first kappa shape index (κ1) is 26.3. The van der Waals surface area contributed by atoms with Gasteiger partial charge in [0.2, 0.25) is 0 Å². The predicted octanol–water partition coefficient (Wildman–Crippen LogP) is 8.25. The van der Waals surface area contributed by atoms with Crippen molar-refractivity contribution in [1.29, 1.82) is 5.26 Å². The van der Waals surface area contributed by atoms with Gasteiger partial charge in [0.05, 0.1) is 11.6 Å². The van der Waals surface area contributed by atoms with E-state index in [4.69, 9.17) is 5.26 Å². The van der Waals surface area contributed by atoms with Gasteiger partial charge in [0.25, 0.3) is 0 Å². The molecule has 2 nitrogen and oxygen atoms in total. The Balaban J connectivity index is 0.000000221. The molecule has 0 saturated heterocycles. The monoisotopic (exact) mass is 472 g/mol. The lowest BCUT2D eigenvalue weighted by Crippen LogP contribution is -2.55. The molecular weight excluding hydrogens is 424 g/mol. The maximum Gasteiger partial charge on any atom is 0.0991 e. The molecule has 0 radical (unpaired) electrons. The average Bonchev–Trinajstić information content (AvgIpc) is 2.89. The quantitative estimate of drug-likeness (QED) is 0.448. The standard InChI is InChI=1S/C23H41N.C10H7N/c1-4-23-13-12-20-19-10-8-16(2)14-17(19)9-11-21(20)22(23)7-5-6-18(23)15-24-3;1-2-3-9-4-6-10(8-11)7-5-9/h16-22,24H,4-15H2,1-3H3;3-7H,1H2. The van der Waals surface area contributed by atoms with Crippen LogP contribution in [0.3, 0.4) is 0 Å². The van der Waals surface area contributed by atoms with Gasteiger partial charge in [0.1, 0.15) is 0 Å². The van der Waals surface area contributed by atoms with Crippen molar-refractivity contribution in [1.82, 2.24) is 5.32 Å². The largest absolute Gasteiger partial charge is 0.319 e. The van der Waals surface area contributed by atoms with Crippen LogP contribution in [-0.4, -0.2) is 13.6 Å². The van der Waals surface area contributed by atoms with Crippen molar-refractivity contribution >= 4 is 6.08 Å². The number of benzene rings is 1. The van der Waals surface area contributed by atoms with Crippen LogP contribution in [0.15, 0.2) is 36.6 Å². The number of hydrogen-bond acceptors (Lipinski definition) is 2. The summed E-state index contributed by atoms with van der Waals surface area (Å²) in [6.45, 7) is 9.75. The van der Waals surface area contributed by atoms with Gasteiger partial charge in [-0.05, 0) is 142 Å². The second-order valence-electron chi connectivity index (χ2n) is 12.2. The molecule has 0 amide bonds. The van der Waals surface area contributed by atoms with Gasteiger partial charge >= 0.3 is 0 Å². The molecule has 4 aliphatic carbocycles. The Labute approximate surface area is 215 Å². The summed E-state index contributed by atoms with van der Waals surface area (Å²) < 4.78 is 0. The Bertz CT molecular complexity index is 902. The zero-order chi connectivity index (χ0) is 24.8. The lowest BCUT2D eigenvalue weighted by atomic mass is 9.44. The van der Waals surface area contributed by atoms with E-state index in [1.54, 1.807) is 63.2 Å². The van der Waals surface area contributed by atoms with Crippen LogP contribution in [0, 0.1) is 58.2 Å². The van der Waals surface area contributed by atoms with Crippen LogP contribution in [0.1, 0.15) is 95.6 Å². The fraction of sp³-hybridized carbons (Fsp3) is 0.697. The minimum absolute atomic E-state index is 0.672. The van der Waals surface area contributed by atoms with Gasteiger partial charge in [0.15, 0.2) is 0 Å². The van der Waals surface area contributed by atoms with E-state index in [1.165, 1.54) is 32.2 Å². The molecule has 2 heteroatoms. The highest BCUT2D eigenvalue weighted by atomic mass is 14.8. The van der Waals surface area contributed by atoms with Crippen LogP contribution >= 0.6 is 0 Å². The number of nitriles is 1. The van der Waals surface area contributed by atoms with E-state index in [0.29, 0.717) is 11.0 Å².